The number of imidazole rings is 1. The molecule has 98 valence electrons. The van der Waals surface area contributed by atoms with E-state index in [1.165, 1.54) is 0 Å². The summed E-state index contributed by atoms with van der Waals surface area (Å²) in [6.07, 6.45) is 1.81. The quantitative estimate of drug-likeness (QED) is 0.818. The summed E-state index contributed by atoms with van der Waals surface area (Å²) in [5.41, 5.74) is 2.81. The normalized spacial score (nSPS) is 14.9. The van der Waals surface area contributed by atoms with Gasteiger partial charge in [-0.05, 0) is 6.92 Å². The minimum Gasteiger partial charge on any atom is -0.495 e. The molecule has 0 amide bonds. The maximum Gasteiger partial charge on any atom is 0.157 e. The lowest BCUT2D eigenvalue weighted by molar-refractivity contribution is 0.00527. The monoisotopic (exact) mass is 249 g/mol. The molecule has 1 saturated heterocycles. The molecule has 5 nitrogen and oxygen atoms in total. The van der Waals surface area contributed by atoms with Gasteiger partial charge in [0.15, 0.2) is 5.65 Å². The third-order valence-electron chi connectivity index (χ3n) is 2.90. The van der Waals surface area contributed by atoms with Crippen LogP contribution >= 0.6 is 0 Å². The molecule has 18 heavy (non-hydrogen) atoms. The van der Waals surface area contributed by atoms with Crippen molar-refractivity contribution in [3.63, 3.8) is 0 Å². The van der Waals surface area contributed by atoms with Crippen molar-refractivity contribution in [3.05, 3.63) is 23.7 Å². The maximum atomic E-state index is 5.35. The van der Waals surface area contributed by atoms with Crippen molar-refractivity contribution in [2.45, 2.75) is 26.7 Å². The van der Waals surface area contributed by atoms with Gasteiger partial charge in [0.25, 0.3) is 0 Å². The van der Waals surface area contributed by atoms with Gasteiger partial charge in [-0.3, -0.25) is 0 Å². The van der Waals surface area contributed by atoms with E-state index < -0.39 is 0 Å². The molecule has 0 aliphatic carbocycles. The fourth-order valence-electron chi connectivity index (χ4n) is 1.87. The molecular weight excluding hydrogens is 230 g/mol. The van der Waals surface area contributed by atoms with Crippen LogP contribution in [0.5, 0.6) is 5.75 Å². The number of hydrogen-bond donors (Lipinski definition) is 0. The second-order valence-corrected chi connectivity index (χ2v) is 4.00. The van der Waals surface area contributed by atoms with Crippen LogP contribution in [0.4, 0.5) is 0 Å². The standard InChI is InChI=1S/C11H13N3O2.C2H6/c1-7-4-12-10-3-9(15-2)11(13-14(7)10)8-5-16-6-8;1-2/h3-4,8H,5-6H2,1-2H3;1-2H3. The van der Waals surface area contributed by atoms with E-state index in [2.05, 4.69) is 10.1 Å². The van der Waals surface area contributed by atoms with Crippen LogP contribution in [0.25, 0.3) is 5.65 Å². The highest BCUT2D eigenvalue weighted by Gasteiger charge is 2.26. The highest BCUT2D eigenvalue weighted by atomic mass is 16.5. The van der Waals surface area contributed by atoms with Crippen molar-refractivity contribution < 1.29 is 9.47 Å². The molecule has 0 bridgehead atoms. The second kappa shape index (κ2) is 5.35. The summed E-state index contributed by atoms with van der Waals surface area (Å²) in [4.78, 5) is 4.26. The number of aryl methyl sites for hydroxylation is 1. The lowest BCUT2D eigenvalue weighted by Gasteiger charge is -2.26. The lowest BCUT2D eigenvalue weighted by atomic mass is 10.0. The minimum atomic E-state index is 0.348. The number of fused-ring (bicyclic) bond motifs is 1. The van der Waals surface area contributed by atoms with E-state index in [1.807, 2.05) is 37.5 Å². The van der Waals surface area contributed by atoms with E-state index in [0.29, 0.717) is 5.92 Å². The summed E-state index contributed by atoms with van der Waals surface area (Å²) in [7, 11) is 1.66. The van der Waals surface area contributed by atoms with E-state index in [-0.39, 0.29) is 0 Å². The zero-order valence-corrected chi connectivity index (χ0v) is 11.3. The van der Waals surface area contributed by atoms with Gasteiger partial charge in [0.1, 0.15) is 11.4 Å². The molecule has 2 aromatic heterocycles. The van der Waals surface area contributed by atoms with Crippen LogP contribution in [-0.2, 0) is 4.74 Å². The molecule has 5 heteroatoms. The first-order valence-corrected chi connectivity index (χ1v) is 6.26. The van der Waals surface area contributed by atoms with E-state index >= 15 is 0 Å². The van der Waals surface area contributed by atoms with Crippen LogP contribution in [0.2, 0.25) is 0 Å². The Labute approximate surface area is 107 Å². The van der Waals surface area contributed by atoms with Crippen molar-refractivity contribution in [1.82, 2.24) is 14.6 Å². The van der Waals surface area contributed by atoms with Gasteiger partial charge >= 0.3 is 0 Å². The van der Waals surface area contributed by atoms with Gasteiger partial charge in [0.2, 0.25) is 0 Å². The Bertz CT molecular complexity index is 532. The van der Waals surface area contributed by atoms with Crippen molar-refractivity contribution in [2.75, 3.05) is 20.3 Å². The first kappa shape index (κ1) is 12.8. The predicted octanol–water partition coefficient (Wildman–Crippen LogP) is 2.19. The Morgan fingerprint density at radius 1 is 1.39 bits per heavy atom. The molecule has 3 heterocycles. The van der Waals surface area contributed by atoms with Crippen LogP contribution in [0.3, 0.4) is 0 Å². The van der Waals surface area contributed by atoms with Gasteiger partial charge in [-0.1, -0.05) is 13.8 Å². The second-order valence-electron chi connectivity index (χ2n) is 4.00. The number of methoxy groups -OCH3 is 1. The number of nitrogens with zero attached hydrogens (tertiary/aromatic N) is 3. The Kier molecular flexibility index (Phi) is 3.81. The topological polar surface area (TPSA) is 48.7 Å². The molecule has 0 radical (unpaired) electrons. The molecule has 1 aliphatic rings. The van der Waals surface area contributed by atoms with E-state index in [4.69, 9.17) is 9.47 Å². The SMILES string of the molecule is CC.COc1cc2ncc(C)n2nc1C1COC1. The summed E-state index contributed by atoms with van der Waals surface area (Å²) < 4.78 is 12.4. The molecule has 3 rings (SSSR count). The molecule has 0 spiro atoms. The van der Waals surface area contributed by atoms with Gasteiger partial charge in [-0.2, -0.15) is 5.10 Å². The number of aromatic nitrogens is 3. The Morgan fingerprint density at radius 2 is 2.11 bits per heavy atom. The molecule has 0 N–H and O–H groups in total. The fourth-order valence-corrected chi connectivity index (χ4v) is 1.87. The van der Waals surface area contributed by atoms with Crippen molar-refractivity contribution in [2.24, 2.45) is 0 Å². The maximum absolute atomic E-state index is 5.35. The van der Waals surface area contributed by atoms with E-state index in [9.17, 15) is 0 Å². The Balaban J connectivity index is 0.000000574. The fraction of sp³-hybridized carbons (Fsp3) is 0.538. The molecule has 0 unspecified atom stereocenters. The summed E-state index contributed by atoms with van der Waals surface area (Å²) in [6, 6.07) is 1.92. The summed E-state index contributed by atoms with van der Waals surface area (Å²) in [6.45, 7) is 7.44. The Morgan fingerprint density at radius 3 is 2.67 bits per heavy atom. The van der Waals surface area contributed by atoms with E-state index in [0.717, 1.165) is 36.0 Å². The van der Waals surface area contributed by atoms with Crippen LogP contribution in [0, 0.1) is 6.92 Å². The number of ether oxygens (including phenoxy) is 2. The highest BCUT2D eigenvalue weighted by Crippen LogP contribution is 2.30. The number of hydrogen-bond acceptors (Lipinski definition) is 4. The van der Waals surface area contributed by atoms with Crippen molar-refractivity contribution in [1.29, 1.82) is 0 Å². The summed E-state index contributed by atoms with van der Waals surface area (Å²) >= 11 is 0. The molecule has 0 saturated carbocycles. The molecular formula is C13H19N3O2. The van der Waals surface area contributed by atoms with E-state index in [1.54, 1.807) is 7.11 Å². The first-order chi connectivity index (χ1) is 8.79. The zero-order chi connectivity index (χ0) is 13.1. The average Bonchev–Trinajstić information content (AvgIpc) is 2.70. The summed E-state index contributed by atoms with van der Waals surface area (Å²) in [5.74, 6) is 1.15. The third-order valence-corrected chi connectivity index (χ3v) is 2.90. The molecule has 0 aromatic carbocycles. The van der Waals surface area contributed by atoms with Gasteiger partial charge < -0.3 is 9.47 Å². The van der Waals surface area contributed by atoms with Gasteiger partial charge in [-0.25, -0.2) is 9.50 Å². The van der Waals surface area contributed by atoms with Gasteiger partial charge in [-0.15, -0.1) is 0 Å². The average molecular weight is 249 g/mol. The minimum absolute atomic E-state index is 0.348. The summed E-state index contributed by atoms with van der Waals surface area (Å²) in [5, 5.41) is 4.58. The van der Waals surface area contributed by atoms with Gasteiger partial charge in [0.05, 0.1) is 38.1 Å². The van der Waals surface area contributed by atoms with Crippen LogP contribution in [0.1, 0.15) is 31.2 Å². The zero-order valence-electron chi connectivity index (χ0n) is 11.3. The smallest absolute Gasteiger partial charge is 0.157 e. The first-order valence-electron chi connectivity index (χ1n) is 6.26. The van der Waals surface area contributed by atoms with Gasteiger partial charge in [0, 0.05) is 6.07 Å². The molecule has 1 aliphatic heterocycles. The highest BCUT2D eigenvalue weighted by molar-refractivity contribution is 5.47. The Hall–Kier alpha value is -1.62. The number of rotatable bonds is 2. The molecule has 0 atom stereocenters. The lowest BCUT2D eigenvalue weighted by Crippen LogP contribution is -2.27. The predicted molar refractivity (Wildman–Crippen MR) is 69.2 cm³/mol. The molecule has 2 aromatic rings. The van der Waals surface area contributed by atoms with Crippen LogP contribution in [-0.4, -0.2) is 34.9 Å². The van der Waals surface area contributed by atoms with Crippen LogP contribution < -0.4 is 4.74 Å². The van der Waals surface area contributed by atoms with Crippen molar-refractivity contribution >= 4 is 5.65 Å². The van der Waals surface area contributed by atoms with Crippen molar-refractivity contribution in [3.8, 4) is 5.75 Å². The van der Waals surface area contributed by atoms with Crippen LogP contribution in [0.15, 0.2) is 12.3 Å². The molecule has 1 fully saturated rings. The third kappa shape index (κ3) is 2.06. The largest absolute Gasteiger partial charge is 0.495 e.